The Bertz CT molecular complexity index is 179. The van der Waals surface area contributed by atoms with Crippen LogP contribution in [0.5, 0.6) is 0 Å². The molecule has 2 heterocycles. The van der Waals surface area contributed by atoms with Gasteiger partial charge in [-0.2, -0.15) is 0 Å². The molecule has 4 heteroatoms. The Morgan fingerprint density at radius 3 is 2.25 bits per heavy atom. The highest BCUT2D eigenvalue weighted by Gasteiger charge is 2.36. The molecule has 0 saturated carbocycles. The molecule has 2 atom stereocenters. The molecule has 70 valence electrons. The fourth-order valence-electron chi connectivity index (χ4n) is 2.29. The number of nitrogens with zero attached hydrogens (tertiary/aromatic N) is 2. The lowest BCUT2D eigenvalue weighted by Gasteiger charge is -2.31. The molecule has 0 spiro atoms. The van der Waals surface area contributed by atoms with Crippen molar-refractivity contribution in [3.8, 4) is 0 Å². The summed E-state index contributed by atoms with van der Waals surface area (Å²) in [4.78, 5) is 2.43. The highest BCUT2D eigenvalue weighted by atomic mass is 35.5. The van der Waals surface area contributed by atoms with Crippen molar-refractivity contribution < 1.29 is 5.21 Å². The molecule has 2 aliphatic heterocycles. The maximum atomic E-state index is 8.61. The number of hydrogen-bond donors (Lipinski definition) is 1. The van der Waals surface area contributed by atoms with Crippen molar-refractivity contribution in [3.05, 3.63) is 0 Å². The Morgan fingerprint density at radius 2 is 1.83 bits per heavy atom. The first-order valence-corrected chi connectivity index (χ1v) is 4.23. The number of fused-ring (bicyclic) bond motifs is 2. The molecule has 2 fully saturated rings. The van der Waals surface area contributed by atoms with Gasteiger partial charge in [0.1, 0.15) is 0 Å². The summed E-state index contributed by atoms with van der Waals surface area (Å²) in [5.41, 5.74) is 0.996. The topological polar surface area (TPSA) is 35.8 Å². The van der Waals surface area contributed by atoms with Crippen LogP contribution in [0.4, 0.5) is 0 Å². The smallest absolute Gasteiger partial charge is 0.0601 e. The van der Waals surface area contributed by atoms with Crippen LogP contribution in [0.2, 0.25) is 0 Å². The Morgan fingerprint density at radius 1 is 1.33 bits per heavy atom. The van der Waals surface area contributed by atoms with Crippen molar-refractivity contribution in [1.29, 1.82) is 0 Å². The summed E-state index contributed by atoms with van der Waals surface area (Å²) in [6.45, 7) is 0. The van der Waals surface area contributed by atoms with E-state index in [4.69, 9.17) is 5.21 Å². The number of piperidine rings is 1. The lowest BCUT2D eigenvalue weighted by Crippen LogP contribution is -2.40. The summed E-state index contributed by atoms with van der Waals surface area (Å²) < 4.78 is 0. The molecule has 2 rings (SSSR count). The Kier molecular flexibility index (Phi) is 2.96. The summed E-state index contributed by atoms with van der Waals surface area (Å²) in [7, 11) is 2.18. The van der Waals surface area contributed by atoms with Gasteiger partial charge in [-0.3, -0.25) is 4.90 Å². The highest BCUT2D eigenvalue weighted by molar-refractivity contribution is 5.86. The minimum Gasteiger partial charge on any atom is -0.411 e. The predicted molar refractivity (Wildman–Crippen MR) is 50.3 cm³/mol. The maximum Gasteiger partial charge on any atom is 0.0601 e. The van der Waals surface area contributed by atoms with Crippen molar-refractivity contribution in [3.63, 3.8) is 0 Å². The molecule has 0 amide bonds. The SMILES string of the molecule is CN1[C@@H]2CC[C@H]1CC(=NO)C2.Cl. The monoisotopic (exact) mass is 190 g/mol. The van der Waals surface area contributed by atoms with Crippen LogP contribution in [-0.2, 0) is 0 Å². The molecule has 0 unspecified atom stereocenters. The summed E-state index contributed by atoms with van der Waals surface area (Å²) in [6, 6.07) is 1.30. The minimum absolute atomic E-state index is 0. The van der Waals surface area contributed by atoms with Crippen LogP contribution in [0.1, 0.15) is 25.7 Å². The molecule has 12 heavy (non-hydrogen) atoms. The van der Waals surface area contributed by atoms with Crippen LogP contribution in [-0.4, -0.2) is 35.0 Å². The first-order valence-electron chi connectivity index (χ1n) is 4.23. The zero-order valence-electron chi connectivity index (χ0n) is 7.23. The molecular weight excluding hydrogens is 176 g/mol. The van der Waals surface area contributed by atoms with Gasteiger partial charge in [-0.25, -0.2) is 0 Å². The van der Waals surface area contributed by atoms with Crippen LogP contribution in [0.25, 0.3) is 0 Å². The second-order valence-electron chi connectivity index (χ2n) is 3.62. The zero-order chi connectivity index (χ0) is 7.84. The molecule has 1 N–H and O–H groups in total. The van der Waals surface area contributed by atoms with Gasteiger partial charge in [0.15, 0.2) is 0 Å². The number of rotatable bonds is 0. The van der Waals surface area contributed by atoms with Gasteiger partial charge in [0, 0.05) is 24.9 Å². The highest BCUT2D eigenvalue weighted by Crippen LogP contribution is 2.32. The fourth-order valence-corrected chi connectivity index (χ4v) is 2.29. The third-order valence-corrected chi connectivity index (χ3v) is 3.07. The van der Waals surface area contributed by atoms with Gasteiger partial charge >= 0.3 is 0 Å². The molecule has 0 aromatic rings. The standard InChI is InChI=1S/C8H14N2O.ClH/c1-10-7-2-3-8(10)5-6(4-7)9-11;/h7-8,11H,2-5H2,1H3;1H/t7-,8+;. The van der Waals surface area contributed by atoms with E-state index in [9.17, 15) is 0 Å². The largest absolute Gasteiger partial charge is 0.411 e. The lowest BCUT2D eigenvalue weighted by atomic mass is 10.0. The van der Waals surface area contributed by atoms with Gasteiger partial charge in [-0.15, -0.1) is 12.4 Å². The number of hydrogen-bond acceptors (Lipinski definition) is 3. The van der Waals surface area contributed by atoms with Gasteiger partial charge in [0.05, 0.1) is 5.71 Å². The van der Waals surface area contributed by atoms with Crippen molar-refractivity contribution >= 4 is 18.1 Å². The van der Waals surface area contributed by atoms with E-state index in [-0.39, 0.29) is 12.4 Å². The van der Waals surface area contributed by atoms with Crippen LogP contribution >= 0.6 is 12.4 Å². The summed E-state index contributed by atoms with van der Waals surface area (Å²) in [6.07, 6.45) is 4.51. The molecule has 2 aliphatic rings. The van der Waals surface area contributed by atoms with E-state index < -0.39 is 0 Å². The van der Waals surface area contributed by atoms with Crippen LogP contribution in [0.3, 0.4) is 0 Å². The van der Waals surface area contributed by atoms with E-state index in [0.717, 1.165) is 18.6 Å². The van der Waals surface area contributed by atoms with E-state index >= 15 is 0 Å². The van der Waals surface area contributed by atoms with Gasteiger partial charge in [0.25, 0.3) is 0 Å². The van der Waals surface area contributed by atoms with Crippen molar-refractivity contribution in [1.82, 2.24) is 4.90 Å². The van der Waals surface area contributed by atoms with Crippen molar-refractivity contribution in [2.24, 2.45) is 5.16 Å². The molecule has 0 radical (unpaired) electrons. The maximum absolute atomic E-state index is 8.61. The van der Waals surface area contributed by atoms with Gasteiger partial charge in [0.2, 0.25) is 0 Å². The fraction of sp³-hybridized carbons (Fsp3) is 0.875. The molecule has 0 aliphatic carbocycles. The molecule has 0 aromatic carbocycles. The van der Waals surface area contributed by atoms with E-state index in [1.165, 1.54) is 12.8 Å². The molecule has 0 aromatic heterocycles. The van der Waals surface area contributed by atoms with E-state index in [1.54, 1.807) is 0 Å². The lowest BCUT2D eigenvalue weighted by molar-refractivity contribution is 0.223. The third kappa shape index (κ3) is 1.43. The van der Waals surface area contributed by atoms with Gasteiger partial charge in [-0.1, -0.05) is 5.16 Å². The molecule has 3 nitrogen and oxygen atoms in total. The summed E-state index contributed by atoms with van der Waals surface area (Å²) in [5, 5.41) is 11.9. The average molecular weight is 191 g/mol. The Labute approximate surface area is 78.8 Å². The average Bonchev–Trinajstić information content (AvgIpc) is 2.26. The zero-order valence-corrected chi connectivity index (χ0v) is 8.05. The first kappa shape index (κ1) is 9.81. The molecule has 2 bridgehead atoms. The summed E-state index contributed by atoms with van der Waals surface area (Å²) in [5.74, 6) is 0. The van der Waals surface area contributed by atoms with E-state index in [0.29, 0.717) is 12.1 Å². The summed E-state index contributed by atoms with van der Waals surface area (Å²) >= 11 is 0. The second kappa shape index (κ2) is 3.62. The Balaban J connectivity index is 0.000000720. The number of halogens is 1. The van der Waals surface area contributed by atoms with E-state index in [2.05, 4.69) is 17.1 Å². The van der Waals surface area contributed by atoms with Gasteiger partial charge < -0.3 is 5.21 Å². The quantitative estimate of drug-likeness (QED) is 0.464. The van der Waals surface area contributed by atoms with Crippen LogP contribution in [0.15, 0.2) is 5.16 Å². The van der Waals surface area contributed by atoms with Crippen LogP contribution < -0.4 is 0 Å². The molecule has 2 saturated heterocycles. The van der Waals surface area contributed by atoms with Gasteiger partial charge in [-0.05, 0) is 19.9 Å². The normalized spacial score (nSPS) is 38.2. The number of oxime groups is 1. The first-order chi connectivity index (χ1) is 5.31. The van der Waals surface area contributed by atoms with Crippen LogP contribution in [0, 0.1) is 0 Å². The van der Waals surface area contributed by atoms with Crippen molar-refractivity contribution in [2.75, 3.05) is 7.05 Å². The van der Waals surface area contributed by atoms with Crippen molar-refractivity contribution in [2.45, 2.75) is 37.8 Å². The second-order valence-corrected chi connectivity index (χ2v) is 3.62. The Hall–Kier alpha value is -0.280. The predicted octanol–water partition coefficient (Wildman–Crippen LogP) is 1.49. The van der Waals surface area contributed by atoms with E-state index in [1.807, 2.05) is 0 Å². The minimum atomic E-state index is 0. The molecular formula is C8H15ClN2O. The third-order valence-electron chi connectivity index (χ3n) is 3.07.